The van der Waals surface area contributed by atoms with Crippen LogP contribution in [0.3, 0.4) is 0 Å². The molecule has 0 N–H and O–H groups in total. The predicted octanol–water partition coefficient (Wildman–Crippen LogP) is 3.99. The van der Waals surface area contributed by atoms with Crippen LogP contribution in [0.5, 0.6) is 0 Å². The second-order valence-electron chi connectivity index (χ2n) is 6.56. The Morgan fingerprint density at radius 2 is 1.75 bits per heavy atom. The van der Waals surface area contributed by atoms with E-state index in [0.29, 0.717) is 29.1 Å². The number of nitrogens with zero attached hydrogens (tertiary/aromatic N) is 3. The summed E-state index contributed by atoms with van der Waals surface area (Å²) in [5.74, 6) is -0.244. The molecular weight excluding hydrogens is 350 g/mol. The monoisotopic (exact) mass is 369 g/mol. The quantitative estimate of drug-likeness (QED) is 0.516. The molecule has 1 aromatic heterocycles. The smallest absolute Gasteiger partial charge is 0.280 e. The van der Waals surface area contributed by atoms with E-state index in [1.165, 1.54) is 5.01 Å². The maximum Gasteiger partial charge on any atom is 0.280 e. The molecule has 0 unspecified atom stereocenters. The lowest BCUT2D eigenvalue weighted by Gasteiger charge is -2.12. The van der Waals surface area contributed by atoms with E-state index in [0.717, 1.165) is 10.9 Å². The number of rotatable bonds is 4. The number of hydrazone groups is 1. The van der Waals surface area contributed by atoms with Gasteiger partial charge in [-0.15, -0.1) is 6.58 Å². The Morgan fingerprint density at radius 3 is 2.50 bits per heavy atom. The van der Waals surface area contributed by atoms with Crippen molar-refractivity contribution >= 4 is 34.3 Å². The minimum Gasteiger partial charge on any atom is -0.304 e. The van der Waals surface area contributed by atoms with E-state index in [1.807, 2.05) is 60.7 Å². The molecular formula is C23H19N3O2. The Balaban J connectivity index is 1.83. The maximum atomic E-state index is 13.0. The standard InChI is InChI=1S/C23H19N3O2/c1-3-13-25-21-12-8-7-9-17(21)14-18(22(25)27)15-20-16(2)24-26(23(20)28)19-10-5-4-6-11-19/h3-12,14-15H,1,13H2,2H3/b20-15-. The van der Waals surface area contributed by atoms with Crippen LogP contribution in [0, 0.1) is 0 Å². The van der Waals surface area contributed by atoms with Gasteiger partial charge in [0.05, 0.1) is 22.5 Å². The molecule has 5 heteroatoms. The van der Waals surface area contributed by atoms with Crippen LogP contribution < -0.4 is 10.6 Å². The fraction of sp³-hybridized carbons (Fsp3) is 0.0870. The highest BCUT2D eigenvalue weighted by Crippen LogP contribution is 2.24. The first-order chi connectivity index (χ1) is 13.6. The van der Waals surface area contributed by atoms with Crippen LogP contribution in [-0.4, -0.2) is 16.2 Å². The number of amides is 1. The van der Waals surface area contributed by atoms with Gasteiger partial charge >= 0.3 is 0 Å². The van der Waals surface area contributed by atoms with Gasteiger partial charge in [0.25, 0.3) is 11.5 Å². The van der Waals surface area contributed by atoms with Crippen molar-refractivity contribution in [1.29, 1.82) is 0 Å². The number of pyridine rings is 1. The molecule has 1 aliphatic rings. The molecule has 0 aliphatic carbocycles. The number of hydrogen-bond acceptors (Lipinski definition) is 3. The van der Waals surface area contributed by atoms with Crippen molar-refractivity contribution < 1.29 is 4.79 Å². The van der Waals surface area contributed by atoms with Crippen molar-refractivity contribution in [2.45, 2.75) is 13.5 Å². The molecule has 0 spiro atoms. The SMILES string of the molecule is C=CCn1c(=O)c(/C=C2\C(=O)N(c3ccccc3)N=C2C)cc2ccccc21. The van der Waals surface area contributed by atoms with Gasteiger partial charge in [-0.3, -0.25) is 9.59 Å². The van der Waals surface area contributed by atoms with Gasteiger partial charge in [0.15, 0.2) is 0 Å². The predicted molar refractivity (Wildman–Crippen MR) is 113 cm³/mol. The zero-order valence-electron chi connectivity index (χ0n) is 15.5. The van der Waals surface area contributed by atoms with Crippen molar-refractivity contribution in [1.82, 2.24) is 4.57 Å². The van der Waals surface area contributed by atoms with E-state index < -0.39 is 0 Å². The molecule has 0 radical (unpaired) electrons. The number of carbonyl (C=O) groups excluding carboxylic acids is 1. The van der Waals surface area contributed by atoms with Gasteiger partial charge in [-0.05, 0) is 42.7 Å². The van der Waals surface area contributed by atoms with Crippen LogP contribution in [0.15, 0.2) is 88.8 Å². The molecule has 1 amide bonds. The lowest BCUT2D eigenvalue weighted by atomic mass is 10.1. The number of carbonyl (C=O) groups is 1. The Kier molecular flexibility index (Phi) is 4.49. The van der Waals surface area contributed by atoms with E-state index in [9.17, 15) is 9.59 Å². The summed E-state index contributed by atoms with van der Waals surface area (Å²) in [4.78, 5) is 26.0. The van der Waals surface area contributed by atoms with E-state index in [1.54, 1.807) is 23.6 Å². The van der Waals surface area contributed by atoms with E-state index in [-0.39, 0.29) is 11.5 Å². The van der Waals surface area contributed by atoms with Crippen LogP contribution >= 0.6 is 0 Å². The number of aromatic nitrogens is 1. The average molecular weight is 369 g/mol. The molecule has 2 aromatic carbocycles. The normalized spacial score (nSPS) is 15.3. The number of hydrogen-bond donors (Lipinski definition) is 0. The zero-order chi connectivity index (χ0) is 19.7. The number of benzene rings is 2. The van der Waals surface area contributed by atoms with Crippen LogP contribution in [-0.2, 0) is 11.3 Å². The number of allylic oxidation sites excluding steroid dienone is 1. The second kappa shape index (κ2) is 7.12. The molecule has 0 bridgehead atoms. The molecule has 0 fully saturated rings. The fourth-order valence-electron chi connectivity index (χ4n) is 3.35. The lowest BCUT2D eigenvalue weighted by Crippen LogP contribution is -2.24. The van der Waals surface area contributed by atoms with Gasteiger partial charge in [-0.2, -0.15) is 10.1 Å². The number of para-hydroxylation sites is 2. The van der Waals surface area contributed by atoms with Crippen LogP contribution in [0.25, 0.3) is 17.0 Å². The van der Waals surface area contributed by atoms with Gasteiger partial charge < -0.3 is 4.57 Å². The number of anilines is 1. The first-order valence-corrected chi connectivity index (χ1v) is 9.00. The molecule has 0 atom stereocenters. The van der Waals surface area contributed by atoms with Crippen molar-refractivity contribution in [3.8, 4) is 0 Å². The van der Waals surface area contributed by atoms with Crippen LogP contribution in [0.2, 0.25) is 0 Å². The summed E-state index contributed by atoms with van der Waals surface area (Å²) in [6.45, 7) is 5.92. The van der Waals surface area contributed by atoms with E-state index in [2.05, 4.69) is 11.7 Å². The molecule has 28 heavy (non-hydrogen) atoms. The third-order valence-electron chi connectivity index (χ3n) is 4.71. The Bertz CT molecular complexity index is 1200. The highest BCUT2D eigenvalue weighted by Gasteiger charge is 2.28. The average Bonchev–Trinajstić information content (AvgIpc) is 3.00. The molecule has 1 aliphatic heterocycles. The minimum absolute atomic E-state index is 0.162. The molecule has 5 nitrogen and oxygen atoms in total. The van der Waals surface area contributed by atoms with Crippen molar-refractivity contribution in [3.63, 3.8) is 0 Å². The van der Waals surface area contributed by atoms with Gasteiger partial charge in [-0.25, -0.2) is 0 Å². The largest absolute Gasteiger partial charge is 0.304 e. The highest BCUT2D eigenvalue weighted by atomic mass is 16.2. The van der Waals surface area contributed by atoms with Crippen molar-refractivity contribution in [2.75, 3.05) is 5.01 Å². The van der Waals surface area contributed by atoms with Crippen molar-refractivity contribution in [3.05, 3.63) is 94.8 Å². The molecule has 138 valence electrons. The summed E-state index contributed by atoms with van der Waals surface area (Å²) >= 11 is 0. The van der Waals surface area contributed by atoms with Crippen molar-refractivity contribution in [2.24, 2.45) is 5.10 Å². The first kappa shape index (κ1) is 17.7. The topological polar surface area (TPSA) is 54.7 Å². The first-order valence-electron chi connectivity index (χ1n) is 9.00. The van der Waals surface area contributed by atoms with E-state index >= 15 is 0 Å². The van der Waals surface area contributed by atoms with E-state index in [4.69, 9.17) is 0 Å². The van der Waals surface area contributed by atoms with Gasteiger partial charge in [0, 0.05) is 12.1 Å². The molecule has 3 aromatic rings. The molecule has 0 saturated heterocycles. The highest BCUT2D eigenvalue weighted by molar-refractivity contribution is 6.32. The Morgan fingerprint density at radius 1 is 1.04 bits per heavy atom. The third-order valence-corrected chi connectivity index (χ3v) is 4.71. The van der Waals surface area contributed by atoms with Crippen LogP contribution in [0.4, 0.5) is 5.69 Å². The summed E-state index contributed by atoms with van der Waals surface area (Å²) in [6, 6.07) is 18.7. The summed E-state index contributed by atoms with van der Waals surface area (Å²) in [5, 5.41) is 6.67. The van der Waals surface area contributed by atoms with Crippen LogP contribution in [0.1, 0.15) is 12.5 Å². The fourth-order valence-corrected chi connectivity index (χ4v) is 3.35. The molecule has 4 rings (SSSR count). The zero-order valence-corrected chi connectivity index (χ0v) is 15.5. The summed E-state index contributed by atoms with van der Waals surface area (Å²) in [7, 11) is 0. The van der Waals surface area contributed by atoms with Gasteiger partial charge in [0.2, 0.25) is 0 Å². The third kappa shape index (κ3) is 2.97. The Hall–Kier alpha value is -3.73. The summed E-state index contributed by atoms with van der Waals surface area (Å²) < 4.78 is 1.66. The second-order valence-corrected chi connectivity index (χ2v) is 6.56. The maximum absolute atomic E-state index is 13.0. The molecule has 0 saturated carbocycles. The summed E-state index contributed by atoms with van der Waals surface area (Å²) in [6.07, 6.45) is 3.33. The van der Waals surface area contributed by atoms with Gasteiger partial charge in [-0.1, -0.05) is 42.5 Å². The molecule has 2 heterocycles. The van der Waals surface area contributed by atoms with Gasteiger partial charge in [0.1, 0.15) is 0 Å². The lowest BCUT2D eigenvalue weighted by molar-refractivity contribution is -0.114. The number of fused-ring (bicyclic) bond motifs is 1. The summed E-state index contributed by atoms with van der Waals surface area (Å²) in [5.41, 5.74) is 2.82. The minimum atomic E-state index is -0.244. The Labute approximate surface area is 162 Å².